The summed E-state index contributed by atoms with van der Waals surface area (Å²) >= 11 is 7.19. The van der Waals surface area contributed by atoms with Crippen molar-refractivity contribution in [3.8, 4) is 0 Å². The van der Waals surface area contributed by atoms with E-state index in [-0.39, 0.29) is 0 Å². The highest BCUT2D eigenvalue weighted by molar-refractivity contribution is 9.10. The quantitative estimate of drug-likeness (QED) is 0.403. The Bertz CT molecular complexity index is 842. The Morgan fingerprint density at radius 1 is 1.26 bits per heavy atom. The molecule has 5 heteroatoms. The maximum atomic E-state index is 4.59. The lowest BCUT2D eigenvalue weighted by molar-refractivity contribution is 0.509. The molecule has 118 valence electrons. The number of fused-ring (bicyclic) bond motifs is 3. The van der Waals surface area contributed by atoms with Gasteiger partial charge in [-0.3, -0.25) is 0 Å². The molecule has 4 rings (SSSR count). The number of thiophene rings is 1. The molecule has 1 aliphatic carbocycles. The van der Waals surface area contributed by atoms with Crippen LogP contribution in [0.4, 0.5) is 0 Å². The van der Waals surface area contributed by atoms with Gasteiger partial charge in [0.05, 0.1) is 0 Å². The first-order chi connectivity index (χ1) is 11.2. The van der Waals surface area contributed by atoms with Crippen molar-refractivity contribution in [1.82, 2.24) is 9.97 Å². The molecular weight excluding hydrogens is 388 g/mol. The summed E-state index contributed by atoms with van der Waals surface area (Å²) in [6, 6.07) is 8.53. The summed E-state index contributed by atoms with van der Waals surface area (Å²) in [4.78, 5) is 11.8. The zero-order valence-corrected chi connectivity index (χ0v) is 16.1. The highest BCUT2D eigenvalue weighted by atomic mass is 79.9. The van der Waals surface area contributed by atoms with E-state index in [1.807, 2.05) is 23.1 Å². The topological polar surface area (TPSA) is 25.8 Å². The lowest BCUT2D eigenvalue weighted by atomic mass is 9.89. The average Bonchev–Trinajstić information content (AvgIpc) is 2.92. The van der Waals surface area contributed by atoms with Crippen molar-refractivity contribution in [2.24, 2.45) is 5.92 Å². The number of aromatic nitrogens is 2. The maximum Gasteiger partial charge on any atom is 0.128 e. The molecule has 0 saturated heterocycles. The molecule has 0 unspecified atom stereocenters. The molecular formula is C18H17BrN2S2. The van der Waals surface area contributed by atoms with E-state index < -0.39 is 0 Å². The highest BCUT2D eigenvalue weighted by Crippen LogP contribution is 2.41. The molecule has 1 aliphatic rings. The van der Waals surface area contributed by atoms with Gasteiger partial charge < -0.3 is 0 Å². The van der Waals surface area contributed by atoms with Crippen LogP contribution in [0.2, 0.25) is 0 Å². The zero-order valence-electron chi connectivity index (χ0n) is 12.9. The molecule has 0 amide bonds. The van der Waals surface area contributed by atoms with Gasteiger partial charge in [-0.2, -0.15) is 0 Å². The third-order valence-corrected chi connectivity index (χ3v) is 7.10. The smallest absolute Gasteiger partial charge is 0.128 e. The first kappa shape index (κ1) is 15.6. The van der Waals surface area contributed by atoms with Crippen molar-refractivity contribution >= 4 is 49.2 Å². The minimum atomic E-state index is 0.794. The largest absolute Gasteiger partial charge is 0.229 e. The van der Waals surface area contributed by atoms with Crippen LogP contribution in [0.1, 0.15) is 29.3 Å². The molecule has 1 aromatic carbocycles. The third kappa shape index (κ3) is 3.19. The van der Waals surface area contributed by atoms with Gasteiger partial charge in [0.2, 0.25) is 0 Å². The van der Waals surface area contributed by atoms with Crippen molar-refractivity contribution < 1.29 is 0 Å². The molecule has 0 spiro atoms. The molecule has 2 nitrogen and oxygen atoms in total. The minimum absolute atomic E-state index is 0.794. The SMILES string of the molecule is C[C@@H]1CCc2c(sc3ncnc(SCc4ccc(Br)cc4)c23)C1. The fourth-order valence-electron chi connectivity index (χ4n) is 3.09. The summed E-state index contributed by atoms with van der Waals surface area (Å²) in [5.74, 6) is 1.74. The monoisotopic (exact) mass is 404 g/mol. The average molecular weight is 405 g/mol. The van der Waals surface area contributed by atoms with Crippen molar-refractivity contribution in [2.45, 2.75) is 37.0 Å². The van der Waals surface area contributed by atoms with Crippen molar-refractivity contribution in [3.63, 3.8) is 0 Å². The Kier molecular flexibility index (Phi) is 4.43. The number of hydrogen-bond acceptors (Lipinski definition) is 4. The Morgan fingerprint density at radius 2 is 2.09 bits per heavy atom. The van der Waals surface area contributed by atoms with Gasteiger partial charge in [0.15, 0.2) is 0 Å². The summed E-state index contributed by atoms with van der Waals surface area (Å²) in [5, 5.41) is 2.46. The van der Waals surface area contributed by atoms with Crippen LogP contribution in [-0.2, 0) is 18.6 Å². The summed E-state index contributed by atoms with van der Waals surface area (Å²) in [7, 11) is 0. The molecule has 2 heterocycles. The van der Waals surface area contributed by atoms with E-state index >= 15 is 0 Å². The number of hydrogen-bond donors (Lipinski definition) is 0. The van der Waals surface area contributed by atoms with E-state index in [0.717, 1.165) is 26.0 Å². The second-order valence-corrected chi connectivity index (χ2v) is 9.09. The number of nitrogens with zero attached hydrogens (tertiary/aromatic N) is 2. The fourth-order valence-corrected chi connectivity index (χ4v) is 5.75. The second kappa shape index (κ2) is 6.54. The lowest BCUT2D eigenvalue weighted by Gasteiger charge is -2.18. The van der Waals surface area contributed by atoms with Crippen LogP contribution in [0.15, 0.2) is 40.1 Å². The van der Waals surface area contributed by atoms with Gasteiger partial charge in [-0.25, -0.2) is 9.97 Å². The molecule has 0 saturated carbocycles. The van der Waals surface area contributed by atoms with Crippen molar-refractivity contribution in [3.05, 3.63) is 51.1 Å². The van der Waals surface area contributed by atoms with Crippen LogP contribution in [0, 0.1) is 5.92 Å². The van der Waals surface area contributed by atoms with Gasteiger partial charge in [0, 0.05) is 20.5 Å². The first-order valence-corrected chi connectivity index (χ1v) is 10.4. The van der Waals surface area contributed by atoms with E-state index in [4.69, 9.17) is 0 Å². The van der Waals surface area contributed by atoms with Crippen LogP contribution in [-0.4, -0.2) is 9.97 Å². The maximum absolute atomic E-state index is 4.59. The molecule has 23 heavy (non-hydrogen) atoms. The second-order valence-electron chi connectivity index (χ2n) is 6.13. The molecule has 0 fully saturated rings. The van der Waals surface area contributed by atoms with Crippen LogP contribution >= 0.6 is 39.0 Å². The lowest BCUT2D eigenvalue weighted by Crippen LogP contribution is -2.08. The Hall–Kier alpha value is -0.910. The number of rotatable bonds is 3. The van der Waals surface area contributed by atoms with Gasteiger partial charge in [0.1, 0.15) is 16.2 Å². The van der Waals surface area contributed by atoms with E-state index in [0.29, 0.717) is 0 Å². The zero-order chi connectivity index (χ0) is 15.8. The van der Waals surface area contributed by atoms with E-state index in [1.165, 1.54) is 40.7 Å². The normalized spacial score (nSPS) is 17.4. The predicted molar refractivity (Wildman–Crippen MR) is 102 cm³/mol. The number of benzene rings is 1. The third-order valence-electron chi connectivity index (χ3n) is 4.35. The molecule has 0 N–H and O–H groups in total. The van der Waals surface area contributed by atoms with Crippen LogP contribution in [0.25, 0.3) is 10.2 Å². The Labute approximate surface area is 152 Å². The van der Waals surface area contributed by atoms with E-state index in [1.54, 1.807) is 6.33 Å². The summed E-state index contributed by atoms with van der Waals surface area (Å²) in [5.41, 5.74) is 2.84. The summed E-state index contributed by atoms with van der Waals surface area (Å²) in [6.45, 7) is 2.35. The van der Waals surface area contributed by atoms with Gasteiger partial charge in [-0.05, 0) is 48.4 Å². The molecule has 0 radical (unpaired) electrons. The van der Waals surface area contributed by atoms with E-state index in [2.05, 4.69) is 57.1 Å². The summed E-state index contributed by atoms with van der Waals surface area (Å²) in [6.07, 6.45) is 5.38. The minimum Gasteiger partial charge on any atom is -0.229 e. The molecule has 0 bridgehead atoms. The standard InChI is InChI=1S/C18H17BrN2S2/c1-11-2-7-14-15(8-11)23-18-16(14)17(20-10-21-18)22-9-12-3-5-13(19)6-4-12/h3-6,10-11H,2,7-9H2,1H3/t11-/m1/s1. The van der Waals surface area contributed by atoms with Gasteiger partial charge in [-0.15, -0.1) is 23.1 Å². The predicted octanol–water partition coefficient (Wildman–Crippen LogP) is 5.87. The summed E-state index contributed by atoms with van der Waals surface area (Å²) < 4.78 is 1.12. The fraction of sp³-hybridized carbons (Fsp3) is 0.333. The first-order valence-electron chi connectivity index (χ1n) is 7.83. The van der Waals surface area contributed by atoms with Gasteiger partial charge >= 0.3 is 0 Å². The van der Waals surface area contributed by atoms with Crippen molar-refractivity contribution in [1.29, 1.82) is 0 Å². The van der Waals surface area contributed by atoms with Crippen LogP contribution in [0.3, 0.4) is 0 Å². The van der Waals surface area contributed by atoms with E-state index in [9.17, 15) is 0 Å². The molecule has 0 aliphatic heterocycles. The van der Waals surface area contributed by atoms with Crippen molar-refractivity contribution in [2.75, 3.05) is 0 Å². The molecule has 1 atom stereocenters. The number of thioether (sulfide) groups is 1. The van der Waals surface area contributed by atoms with Gasteiger partial charge in [0.25, 0.3) is 0 Å². The highest BCUT2D eigenvalue weighted by Gasteiger charge is 2.23. The number of halogens is 1. The Morgan fingerprint density at radius 3 is 2.91 bits per heavy atom. The number of aryl methyl sites for hydroxylation is 1. The molecule has 2 aromatic heterocycles. The Balaban J connectivity index is 1.66. The van der Waals surface area contributed by atoms with Gasteiger partial charge in [-0.1, -0.05) is 35.0 Å². The van der Waals surface area contributed by atoms with Crippen LogP contribution < -0.4 is 0 Å². The molecule has 3 aromatic rings. The van der Waals surface area contributed by atoms with Crippen LogP contribution in [0.5, 0.6) is 0 Å².